The largest absolute Gasteiger partial charge is 0.396 e. The van der Waals surface area contributed by atoms with Crippen LogP contribution in [0.3, 0.4) is 0 Å². The van der Waals surface area contributed by atoms with Crippen molar-refractivity contribution >= 4 is 5.91 Å². The Balaban J connectivity index is 2.49. The van der Waals surface area contributed by atoms with E-state index in [-0.39, 0.29) is 12.5 Å². The monoisotopic (exact) mass is 221 g/mol. The molecule has 16 heavy (non-hydrogen) atoms. The van der Waals surface area contributed by atoms with Gasteiger partial charge in [0.2, 0.25) is 5.91 Å². The molecule has 0 unspecified atom stereocenters. The Labute approximate surface area is 96.5 Å². The van der Waals surface area contributed by atoms with Crippen molar-refractivity contribution in [1.29, 1.82) is 0 Å². The van der Waals surface area contributed by atoms with Crippen molar-refractivity contribution in [2.45, 2.75) is 26.7 Å². The third kappa shape index (κ3) is 4.03. The van der Waals surface area contributed by atoms with Gasteiger partial charge in [-0.25, -0.2) is 0 Å². The molecule has 0 heterocycles. The molecule has 0 fully saturated rings. The van der Waals surface area contributed by atoms with E-state index in [2.05, 4.69) is 11.4 Å². The molecule has 0 radical (unpaired) electrons. The Bertz CT molecular complexity index is 361. The lowest BCUT2D eigenvalue weighted by Gasteiger charge is -2.07. The van der Waals surface area contributed by atoms with Gasteiger partial charge in [0.15, 0.2) is 0 Å². The van der Waals surface area contributed by atoms with Crippen molar-refractivity contribution in [3.63, 3.8) is 0 Å². The highest BCUT2D eigenvalue weighted by molar-refractivity contribution is 5.78. The molecule has 2 N–H and O–H groups in total. The summed E-state index contributed by atoms with van der Waals surface area (Å²) in [5.41, 5.74) is 3.42. The molecule has 0 atom stereocenters. The molecule has 0 aromatic heterocycles. The summed E-state index contributed by atoms with van der Waals surface area (Å²) in [6.45, 7) is 4.71. The molecule has 0 saturated heterocycles. The average Bonchev–Trinajstić information content (AvgIpc) is 2.23. The van der Waals surface area contributed by atoms with Gasteiger partial charge in [-0.3, -0.25) is 4.79 Å². The number of aryl methyl sites for hydroxylation is 2. The van der Waals surface area contributed by atoms with Crippen LogP contribution in [-0.4, -0.2) is 24.2 Å². The van der Waals surface area contributed by atoms with Crippen molar-refractivity contribution in [1.82, 2.24) is 5.32 Å². The smallest absolute Gasteiger partial charge is 0.224 e. The Morgan fingerprint density at radius 2 is 2.12 bits per heavy atom. The van der Waals surface area contributed by atoms with Crippen LogP contribution in [0, 0.1) is 13.8 Å². The summed E-state index contributed by atoms with van der Waals surface area (Å²) in [4.78, 5) is 11.5. The number of aliphatic hydroxyl groups is 1. The molecule has 1 amide bonds. The quantitative estimate of drug-likeness (QED) is 0.737. The molecular weight excluding hydrogens is 202 g/mol. The van der Waals surface area contributed by atoms with Crippen LogP contribution in [0.5, 0.6) is 0 Å². The number of carbonyl (C=O) groups excluding carboxylic acids is 1. The van der Waals surface area contributed by atoms with Gasteiger partial charge in [-0.15, -0.1) is 0 Å². The maximum absolute atomic E-state index is 11.5. The van der Waals surface area contributed by atoms with E-state index in [4.69, 9.17) is 5.11 Å². The summed E-state index contributed by atoms with van der Waals surface area (Å²) in [7, 11) is 0. The molecule has 0 aliphatic rings. The van der Waals surface area contributed by atoms with Crippen LogP contribution in [0.4, 0.5) is 0 Å². The van der Waals surface area contributed by atoms with E-state index < -0.39 is 0 Å². The van der Waals surface area contributed by atoms with Crippen LogP contribution in [0.15, 0.2) is 18.2 Å². The second kappa shape index (κ2) is 6.28. The van der Waals surface area contributed by atoms with Crippen LogP contribution >= 0.6 is 0 Å². The Morgan fingerprint density at radius 1 is 1.38 bits per heavy atom. The van der Waals surface area contributed by atoms with Crippen molar-refractivity contribution in [2.24, 2.45) is 0 Å². The third-order valence-corrected chi connectivity index (χ3v) is 2.51. The fourth-order valence-electron chi connectivity index (χ4n) is 1.59. The van der Waals surface area contributed by atoms with Gasteiger partial charge in [-0.1, -0.05) is 23.8 Å². The van der Waals surface area contributed by atoms with Crippen LogP contribution in [0.25, 0.3) is 0 Å². The van der Waals surface area contributed by atoms with Gasteiger partial charge in [0.25, 0.3) is 0 Å². The predicted molar refractivity (Wildman–Crippen MR) is 64.3 cm³/mol. The molecule has 0 spiro atoms. The molecule has 88 valence electrons. The molecule has 1 aromatic rings. The summed E-state index contributed by atoms with van der Waals surface area (Å²) < 4.78 is 0. The minimum Gasteiger partial charge on any atom is -0.396 e. The maximum atomic E-state index is 11.5. The Morgan fingerprint density at radius 3 is 2.75 bits per heavy atom. The average molecular weight is 221 g/mol. The summed E-state index contributed by atoms with van der Waals surface area (Å²) >= 11 is 0. The molecule has 1 rings (SSSR count). The minimum atomic E-state index is 0.0143. The Hall–Kier alpha value is -1.35. The third-order valence-electron chi connectivity index (χ3n) is 2.51. The lowest BCUT2D eigenvalue weighted by Crippen LogP contribution is -2.26. The van der Waals surface area contributed by atoms with Crippen molar-refractivity contribution < 1.29 is 9.90 Å². The van der Waals surface area contributed by atoms with Gasteiger partial charge >= 0.3 is 0 Å². The van der Waals surface area contributed by atoms with Gasteiger partial charge in [-0.05, 0) is 31.4 Å². The first kappa shape index (κ1) is 12.7. The van der Waals surface area contributed by atoms with E-state index in [1.54, 1.807) is 0 Å². The normalized spacial score (nSPS) is 10.2. The van der Waals surface area contributed by atoms with Crippen LogP contribution in [-0.2, 0) is 11.2 Å². The molecular formula is C13H19NO2. The van der Waals surface area contributed by atoms with Gasteiger partial charge in [0.05, 0.1) is 6.42 Å². The SMILES string of the molecule is Cc1ccc(CC(=O)NCCCO)c(C)c1. The van der Waals surface area contributed by atoms with Gasteiger partial charge in [0, 0.05) is 13.2 Å². The zero-order valence-electron chi connectivity index (χ0n) is 9.92. The van der Waals surface area contributed by atoms with E-state index in [9.17, 15) is 4.79 Å². The van der Waals surface area contributed by atoms with Crippen LogP contribution < -0.4 is 5.32 Å². The molecule has 0 aliphatic heterocycles. The molecule has 3 heteroatoms. The summed E-state index contributed by atoms with van der Waals surface area (Å²) in [6.07, 6.45) is 1.02. The van der Waals surface area contributed by atoms with E-state index in [1.807, 2.05) is 26.0 Å². The second-order valence-electron chi connectivity index (χ2n) is 4.03. The van der Waals surface area contributed by atoms with Gasteiger partial charge < -0.3 is 10.4 Å². The van der Waals surface area contributed by atoms with E-state index >= 15 is 0 Å². The molecule has 3 nitrogen and oxygen atoms in total. The summed E-state index contributed by atoms with van der Waals surface area (Å²) in [5, 5.41) is 11.4. The van der Waals surface area contributed by atoms with E-state index in [1.165, 1.54) is 5.56 Å². The van der Waals surface area contributed by atoms with Crippen LogP contribution in [0.1, 0.15) is 23.1 Å². The molecule has 1 aromatic carbocycles. The first-order valence-corrected chi connectivity index (χ1v) is 5.57. The first-order valence-electron chi connectivity index (χ1n) is 5.57. The lowest BCUT2D eigenvalue weighted by molar-refractivity contribution is -0.120. The number of aliphatic hydroxyl groups excluding tert-OH is 1. The summed E-state index contributed by atoms with van der Waals surface area (Å²) in [6, 6.07) is 6.09. The fraction of sp³-hybridized carbons (Fsp3) is 0.462. The Kier molecular flexibility index (Phi) is 4.99. The number of hydrogen-bond donors (Lipinski definition) is 2. The van der Waals surface area contributed by atoms with E-state index in [0.717, 1.165) is 11.1 Å². The van der Waals surface area contributed by atoms with Crippen LogP contribution in [0.2, 0.25) is 0 Å². The number of rotatable bonds is 5. The molecule has 0 saturated carbocycles. The maximum Gasteiger partial charge on any atom is 0.224 e. The number of carbonyl (C=O) groups is 1. The zero-order valence-corrected chi connectivity index (χ0v) is 9.92. The first-order chi connectivity index (χ1) is 7.63. The standard InChI is InChI=1S/C13H19NO2/c1-10-4-5-12(11(2)8-10)9-13(16)14-6-3-7-15/h4-5,8,15H,3,6-7,9H2,1-2H3,(H,14,16). The topological polar surface area (TPSA) is 49.3 Å². The lowest BCUT2D eigenvalue weighted by atomic mass is 10.0. The van der Waals surface area contributed by atoms with Crippen molar-refractivity contribution in [3.8, 4) is 0 Å². The number of benzene rings is 1. The molecule has 0 bridgehead atoms. The van der Waals surface area contributed by atoms with Gasteiger partial charge in [0.1, 0.15) is 0 Å². The number of hydrogen-bond acceptors (Lipinski definition) is 2. The zero-order chi connectivity index (χ0) is 12.0. The minimum absolute atomic E-state index is 0.0143. The van der Waals surface area contributed by atoms with E-state index in [0.29, 0.717) is 19.4 Å². The van der Waals surface area contributed by atoms with Crippen molar-refractivity contribution in [3.05, 3.63) is 34.9 Å². The summed E-state index contributed by atoms with van der Waals surface area (Å²) in [5.74, 6) is 0.0143. The number of nitrogens with one attached hydrogen (secondary N) is 1. The highest BCUT2D eigenvalue weighted by atomic mass is 16.3. The second-order valence-corrected chi connectivity index (χ2v) is 4.03. The highest BCUT2D eigenvalue weighted by Gasteiger charge is 2.05. The van der Waals surface area contributed by atoms with Gasteiger partial charge in [-0.2, -0.15) is 0 Å². The predicted octanol–water partition coefficient (Wildman–Crippen LogP) is 1.34. The van der Waals surface area contributed by atoms with Crippen molar-refractivity contribution in [2.75, 3.05) is 13.2 Å². The highest BCUT2D eigenvalue weighted by Crippen LogP contribution is 2.10. The fourth-order valence-corrected chi connectivity index (χ4v) is 1.59. The number of amides is 1. The molecule has 0 aliphatic carbocycles.